The van der Waals surface area contributed by atoms with Crippen molar-refractivity contribution in [2.45, 2.75) is 45.7 Å². The molecule has 2 atom stereocenters. The second kappa shape index (κ2) is 8.34. The maximum absolute atomic E-state index is 11.7. The lowest BCUT2D eigenvalue weighted by Crippen LogP contribution is -2.52. The Hall–Kier alpha value is -1.79. The molecular formula is C12H22N2O5. The van der Waals surface area contributed by atoms with Gasteiger partial charge in [-0.3, -0.25) is 0 Å². The Morgan fingerprint density at radius 1 is 1.21 bits per heavy atom. The summed E-state index contributed by atoms with van der Waals surface area (Å²) >= 11 is 0. The van der Waals surface area contributed by atoms with Crippen molar-refractivity contribution < 1.29 is 24.2 Å². The number of hydrogen-bond acceptors (Lipinski definition) is 4. The van der Waals surface area contributed by atoms with E-state index in [9.17, 15) is 14.4 Å². The van der Waals surface area contributed by atoms with Crippen LogP contribution in [0, 0.1) is 5.92 Å². The summed E-state index contributed by atoms with van der Waals surface area (Å²) in [6.45, 7) is 5.33. The SMILES string of the molecule is CCC[C@H](NC(=O)NC(C(=O)OC)C(C)C)C(=O)O. The molecule has 0 aliphatic rings. The lowest BCUT2D eigenvalue weighted by atomic mass is 10.1. The Labute approximate surface area is 112 Å². The monoisotopic (exact) mass is 274 g/mol. The van der Waals surface area contributed by atoms with Crippen molar-refractivity contribution in [2.24, 2.45) is 5.92 Å². The molecule has 7 heteroatoms. The van der Waals surface area contributed by atoms with Crippen molar-refractivity contribution in [2.75, 3.05) is 7.11 Å². The molecule has 0 heterocycles. The van der Waals surface area contributed by atoms with Crippen LogP contribution in [0.1, 0.15) is 33.6 Å². The third-order valence-corrected chi connectivity index (χ3v) is 2.59. The molecule has 0 saturated heterocycles. The van der Waals surface area contributed by atoms with Crippen LogP contribution in [0.25, 0.3) is 0 Å². The lowest BCUT2D eigenvalue weighted by molar-refractivity contribution is -0.144. The fourth-order valence-corrected chi connectivity index (χ4v) is 1.51. The number of urea groups is 1. The van der Waals surface area contributed by atoms with E-state index in [4.69, 9.17) is 5.11 Å². The largest absolute Gasteiger partial charge is 0.480 e. The number of amides is 2. The predicted octanol–water partition coefficient (Wildman–Crippen LogP) is 0.737. The smallest absolute Gasteiger partial charge is 0.328 e. The fourth-order valence-electron chi connectivity index (χ4n) is 1.51. The predicted molar refractivity (Wildman–Crippen MR) is 68.6 cm³/mol. The summed E-state index contributed by atoms with van der Waals surface area (Å²) in [6, 6.07) is -2.46. The van der Waals surface area contributed by atoms with Gasteiger partial charge in [-0.2, -0.15) is 0 Å². The minimum absolute atomic E-state index is 0.160. The first-order valence-corrected chi connectivity index (χ1v) is 6.21. The van der Waals surface area contributed by atoms with E-state index in [0.29, 0.717) is 12.8 Å². The van der Waals surface area contributed by atoms with Crippen LogP contribution in [0.5, 0.6) is 0 Å². The quantitative estimate of drug-likeness (QED) is 0.594. The third-order valence-electron chi connectivity index (χ3n) is 2.59. The minimum Gasteiger partial charge on any atom is -0.480 e. The van der Waals surface area contributed by atoms with E-state index in [0.717, 1.165) is 0 Å². The number of carbonyl (C=O) groups excluding carboxylic acids is 2. The van der Waals surface area contributed by atoms with Gasteiger partial charge in [-0.25, -0.2) is 14.4 Å². The van der Waals surface area contributed by atoms with Crippen LogP contribution in [-0.4, -0.2) is 42.3 Å². The van der Waals surface area contributed by atoms with E-state index in [1.807, 2.05) is 6.92 Å². The molecule has 7 nitrogen and oxygen atoms in total. The first-order valence-electron chi connectivity index (χ1n) is 6.21. The molecule has 19 heavy (non-hydrogen) atoms. The van der Waals surface area contributed by atoms with Gasteiger partial charge in [0.25, 0.3) is 0 Å². The topological polar surface area (TPSA) is 105 Å². The summed E-state index contributed by atoms with van der Waals surface area (Å²) in [6.07, 6.45) is 0.954. The highest BCUT2D eigenvalue weighted by Gasteiger charge is 2.26. The summed E-state index contributed by atoms with van der Waals surface area (Å²) in [5.41, 5.74) is 0. The number of carbonyl (C=O) groups is 3. The molecule has 0 spiro atoms. The van der Waals surface area contributed by atoms with Gasteiger partial charge in [0.2, 0.25) is 0 Å². The number of ether oxygens (including phenoxy) is 1. The number of rotatable bonds is 7. The molecule has 110 valence electrons. The Morgan fingerprint density at radius 2 is 1.79 bits per heavy atom. The molecule has 0 bridgehead atoms. The number of methoxy groups -OCH3 is 1. The van der Waals surface area contributed by atoms with Gasteiger partial charge in [-0.15, -0.1) is 0 Å². The van der Waals surface area contributed by atoms with E-state index < -0.39 is 30.1 Å². The summed E-state index contributed by atoms with van der Waals surface area (Å²) < 4.78 is 4.58. The molecule has 2 amide bonds. The Bertz CT molecular complexity index is 330. The zero-order valence-electron chi connectivity index (χ0n) is 11.7. The summed E-state index contributed by atoms with van der Waals surface area (Å²) in [5.74, 6) is -1.82. The van der Waals surface area contributed by atoms with Gasteiger partial charge < -0.3 is 20.5 Å². The van der Waals surface area contributed by atoms with E-state index in [1.54, 1.807) is 13.8 Å². The Balaban J connectivity index is 4.56. The normalized spacial score (nSPS) is 13.5. The summed E-state index contributed by atoms with van der Waals surface area (Å²) in [7, 11) is 1.23. The molecule has 0 aromatic heterocycles. The van der Waals surface area contributed by atoms with Crippen molar-refractivity contribution in [1.82, 2.24) is 10.6 Å². The van der Waals surface area contributed by atoms with Gasteiger partial charge >= 0.3 is 18.0 Å². The third kappa shape index (κ3) is 6.08. The lowest BCUT2D eigenvalue weighted by Gasteiger charge is -2.21. The molecular weight excluding hydrogens is 252 g/mol. The Kier molecular flexibility index (Phi) is 7.55. The van der Waals surface area contributed by atoms with Crippen LogP contribution in [0.3, 0.4) is 0 Å². The average Bonchev–Trinajstić information content (AvgIpc) is 2.34. The van der Waals surface area contributed by atoms with E-state index in [1.165, 1.54) is 7.11 Å². The van der Waals surface area contributed by atoms with E-state index in [2.05, 4.69) is 15.4 Å². The zero-order valence-corrected chi connectivity index (χ0v) is 11.7. The van der Waals surface area contributed by atoms with Crippen LogP contribution >= 0.6 is 0 Å². The minimum atomic E-state index is -1.10. The van der Waals surface area contributed by atoms with Crippen molar-refractivity contribution >= 4 is 18.0 Å². The van der Waals surface area contributed by atoms with Gasteiger partial charge in [-0.1, -0.05) is 27.2 Å². The molecule has 0 fully saturated rings. The van der Waals surface area contributed by atoms with Crippen molar-refractivity contribution in [3.8, 4) is 0 Å². The molecule has 0 aliphatic heterocycles. The van der Waals surface area contributed by atoms with Gasteiger partial charge in [0, 0.05) is 0 Å². The number of esters is 1. The maximum Gasteiger partial charge on any atom is 0.328 e. The van der Waals surface area contributed by atoms with Crippen LogP contribution in [0.2, 0.25) is 0 Å². The number of carboxylic acids is 1. The molecule has 3 N–H and O–H groups in total. The highest BCUT2D eigenvalue weighted by atomic mass is 16.5. The van der Waals surface area contributed by atoms with E-state index in [-0.39, 0.29) is 5.92 Å². The molecule has 0 radical (unpaired) electrons. The second-order valence-corrected chi connectivity index (χ2v) is 4.54. The van der Waals surface area contributed by atoms with Crippen LogP contribution < -0.4 is 10.6 Å². The van der Waals surface area contributed by atoms with Crippen molar-refractivity contribution in [3.63, 3.8) is 0 Å². The number of aliphatic carboxylic acids is 1. The molecule has 0 rings (SSSR count). The van der Waals surface area contributed by atoms with Crippen LogP contribution in [-0.2, 0) is 14.3 Å². The summed E-state index contributed by atoms with van der Waals surface area (Å²) in [5, 5.41) is 13.7. The number of nitrogens with one attached hydrogen (secondary N) is 2. The van der Waals surface area contributed by atoms with Gasteiger partial charge in [0.15, 0.2) is 0 Å². The highest BCUT2D eigenvalue weighted by molar-refractivity contribution is 5.86. The van der Waals surface area contributed by atoms with Gasteiger partial charge in [0.05, 0.1) is 7.11 Å². The summed E-state index contributed by atoms with van der Waals surface area (Å²) in [4.78, 5) is 34.0. The van der Waals surface area contributed by atoms with Crippen molar-refractivity contribution in [1.29, 1.82) is 0 Å². The molecule has 0 saturated carbocycles. The molecule has 0 aromatic carbocycles. The first-order chi connectivity index (χ1) is 8.83. The number of carboxylic acid groups (broad SMARTS) is 1. The fraction of sp³-hybridized carbons (Fsp3) is 0.750. The molecule has 0 aromatic rings. The standard InChI is InChI=1S/C12H22N2O5/c1-5-6-8(10(15)16)13-12(18)14-9(7(2)3)11(17)19-4/h7-9H,5-6H2,1-4H3,(H,15,16)(H2,13,14,18)/t8-,9?/m0/s1. The highest BCUT2D eigenvalue weighted by Crippen LogP contribution is 2.04. The average molecular weight is 274 g/mol. The molecule has 1 unspecified atom stereocenters. The van der Waals surface area contributed by atoms with Gasteiger partial charge in [-0.05, 0) is 12.3 Å². The van der Waals surface area contributed by atoms with E-state index >= 15 is 0 Å². The van der Waals surface area contributed by atoms with Crippen molar-refractivity contribution in [3.05, 3.63) is 0 Å². The van der Waals surface area contributed by atoms with Gasteiger partial charge in [0.1, 0.15) is 12.1 Å². The van der Waals surface area contributed by atoms with Crippen LogP contribution in [0.15, 0.2) is 0 Å². The maximum atomic E-state index is 11.7. The second-order valence-electron chi connectivity index (χ2n) is 4.54. The first kappa shape index (κ1) is 17.2. The Morgan fingerprint density at radius 3 is 2.16 bits per heavy atom. The van der Waals surface area contributed by atoms with Crippen LogP contribution in [0.4, 0.5) is 4.79 Å². The number of hydrogen-bond donors (Lipinski definition) is 3. The molecule has 0 aliphatic carbocycles. The zero-order chi connectivity index (χ0) is 15.0.